The Morgan fingerprint density at radius 2 is 2.00 bits per heavy atom. The summed E-state index contributed by atoms with van der Waals surface area (Å²) in [4.78, 5) is 0. The summed E-state index contributed by atoms with van der Waals surface area (Å²) in [6, 6.07) is 5.69. The monoisotopic (exact) mass is 206 g/mol. The Kier molecular flexibility index (Phi) is 1.47. The van der Waals surface area contributed by atoms with E-state index < -0.39 is 5.60 Å². The number of hydrogen-bond donors (Lipinski definition) is 2. The number of phenols is 1. The van der Waals surface area contributed by atoms with E-state index >= 15 is 0 Å². The molecular weight excluding hydrogens is 196 g/mol. The van der Waals surface area contributed by atoms with Gasteiger partial charge in [0.1, 0.15) is 5.75 Å². The van der Waals surface area contributed by atoms with Gasteiger partial charge in [0.2, 0.25) is 0 Å². The second kappa shape index (κ2) is 2.49. The Balaban J connectivity index is 2.30. The third-order valence-electron chi connectivity index (χ3n) is 2.83. The molecule has 1 aromatic heterocycles. The molecule has 0 saturated heterocycles. The van der Waals surface area contributed by atoms with Crippen LogP contribution in [0, 0.1) is 0 Å². The highest BCUT2D eigenvalue weighted by Crippen LogP contribution is 2.50. The topological polar surface area (TPSA) is 40.5 Å². The molecule has 0 spiro atoms. The number of fused-ring (bicyclic) bond motifs is 1. The third-order valence-corrected chi connectivity index (χ3v) is 3.71. The number of rotatable bonds is 1. The van der Waals surface area contributed by atoms with Crippen LogP contribution in [0.1, 0.15) is 18.4 Å². The molecule has 1 fully saturated rings. The number of thiophene rings is 1. The van der Waals surface area contributed by atoms with Crippen molar-refractivity contribution in [1.82, 2.24) is 0 Å². The molecule has 2 aromatic rings. The smallest absolute Gasteiger partial charge is 0.130 e. The second-order valence-corrected chi connectivity index (χ2v) is 4.77. The van der Waals surface area contributed by atoms with E-state index in [-0.39, 0.29) is 5.75 Å². The van der Waals surface area contributed by atoms with Crippen LogP contribution in [0.2, 0.25) is 0 Å². The summed E-state index contributed by atoms with van der Waals surface area (Å²) in [5.74, 6) is 0.253. The van der Waals surface area contributed by atoms with Crippen LogP contribution in [0.4, 0.5) is 0 Å². The van der Waals surface area contributed by atoms with Crippen LogP contribution < -0.4 is 0 Å². The zero-order valence-corrected chi connectivity index (χ0v) is 8.34. The van der Waals surface area contributed by atoms with Crippen LogP contribution in [0.5, 0.6) is 5.75 Å². The molecule has 1 heterocycles. The van der Waals surface area contributed by atoms with Gasteiger partial charge in [0.15, 0.2) is 0 Å². The zero-order valence-electron chi connectivity index (χ0n) is 7.53. The van der Waals surface area contributed by atoms with Crippen LogP contribution in [0.25, 0.3) is 10.1 Å². The summed E-state index contributed by atoms with van der Waals surface area (Å²) < 4.78 is 1.07. The van der Waals surface area contributed by atoms with Crippen LogP contribution >= 0.6 is 11.3 Å². The standard InChI is InChI=1S/C11H10O2S/c12-10-7-3-6-14-9(7)2-1-8(10)11(13)4-5-11/h1-3,6,12-13H,4-5H2. The number of benzene rings is 1. The highest BCUT2D eigenvalue weighted by Gasteiger charge is 2.44. The maximum Gasteiger partial charge on any atom is 0.130 e. The van der Waals surface area contributed by atoms with Gasteiger partial charge in [-0.2, -0.15) is 0 Å². The van der Waals surface area contributed by atoms with Crippen molar-refractivity contribution in [2.45, 2.75) is 18.4 Å². The maximum absolute atomic E-state index is 9.96. The van der Waals surface area contributed by atoms with Crippen LogP contribution in [0.3, 0.4) is 0 Å². The molecule has 0 bridgehead atoms. The van der Waals surface area contributed by atoms with E-state index in [4.69, 9.17) is 0 Å². The largest absolute Gasteiger partial charge is 0.507 e. The summed E-state index contributed by atoms with van der Waals surface area (Å²) in [7, 11) is 0. The van der Waals surface area contributed by atoms with Gasteiger partial charge in [-0.1, -0.05) is 6.07 Å². The van der Waals surface area contributed by atoms with Crippen molar-refractivity contribution in [3.63, 3.8) is 0 Å². The van der Waals surface area contributed by atoms with Crippen molar-refractivity contribution < 1.29 is 10.2 Å². The predicted octanol–water partition coefficient (Wildman–Crippen LogP) is 2.59. The molecule has 0 amide bonds. The first-order chi connectivity index (χ1) is 6.71. The van der Waals surface area contributed by atoms with E-state index in [0.717, 1.165) is 22.9 Å². The molecule has 14 heavy (non-hydrogen) atoms. The Morgan fingerprint density at radius 1 is 1.21 bits per heavy atom. The molecule has 0 atom stereocenters. The Bertz CT molecular complexity index is 497. The predicted molar refractivity (Wildman–Crippen MR) is 56.6 cm³/mol. The summed E-state index contributed by atoms with van der Waals surface area (Å²) in [5, 5.41) is 22.7. The summed E-state index contributed by atoms with van der Waals surface area (Å²) in [5.41, 5.74) is -0.0661. The molecule has 3 rings (SSSR count). The van der Waals surface area contributed by atoms with Crippen molar-refractivity contribution in [2.24, 2.45) is 0 Å². The first-order valence-corrected chi connectivity index (χ1v) is 5.51. The van der Waals surface area contributed by atoms with E-state index in [9.17, 15) is 10.2 Å². The molecule has 1 aliphatic carbocycles. The fraction of sp³-hybridized carbons (Fsp3) is 0.273. The molecule has 1 saturated carbocycles. The molecule has 0 aliphatic heterocycles. The van der Waals surface area contributed by atoms with Crippen molar-refractivity contribution in [3.05, 3.63) is 29.1 Å². The van der Waals surface area contributed by atoms with Gasteiger partial charge in [0.05, 0.1) is 5.60 Å². The van der Waals surface area contributed by atoms with Gasteiger partial charge in [0.25, 0.3) is 0 Å². The first kappa shape index (κ1) is 8.26. The van der Waals surface area contributed by atoms with Gasteiger partial charge in [-0.3, -0.25) is 0 Å². The Morgan fingerprint density at radius 3 is 2.71 bits per heavy atom. The number of aromatic hydroxyl groups is 1. The van der Waals surface area contributed by atoms with Gasteiger partial charge in [-0.15, -0.1) is 11.3 Å². The summed E-state index contributed by atoms with van der Waals surface area (Å²) in [6.45, 7) is 0. The van der Waals surface area contributed by atoms with E-state index in [1.165, 1.54) is 0 Å². The Hall–Kier alpha value is -1.06. The minimum absolute atomic E-state index is 0.253. The van der Waals surface area contributed by atoms with Crippen LogP contribution in [-0.4, -0.2) is 10.2 Å². The lowest BCUT2D eigenvalue weighted by Crippen LogP contribution is -2.03. The average molecular weight is 206 g/mol. The normalized spacial score (nSPS) is 18.6. The highest BCUT2D eigenvalue weighted by molar-refractivity contribution is 7.17. The van der Waals surface area contributed by atoms with Crippen LogP contribution in [-0.2, 0) is 5.60 Å². The molecule has 0 unspecified atom stereocenters. The average Bonchev–Trinajstić information content (AvgIpc) is 2.75. The Labute approximate surface area is 85.4 Å². The molecule has 3 heteroatoms. The van der Waals surface area contributed by atoms with Gasteiger partial charge < -0.3 is 10.2 Å². The summed E-state index contributed by atoms with van der Waals surface area (Å²) >= 11 is 1.60. The third kappa shape index (κ3) is 0.996. The number of aliphatic hydroxyl groups is 1. The number of phenolic OH excluding ortho intramolecular Hbond substituents is 1. The quantitative estimate of drug-likeness (QED) is 0.753. The van der Waals surface area contributed by atoms with E-state index in [1.807, 2.05) is 23.6 Å². The van der Waals surface area contributed by atoms with Crippen LogP contribution in [0.15, 0.2) is 23.6 Å². The molecule has 1 aliphatic rings. The lowest BCUT2D eigenvalue weighted by Gasteiger charge is -2.10. The molecule has 2 nitrogen and oxygen atoms in total. The number of hydrogen-bond acceptors (Lipinski definition) is 3. The fourth-order valence-electron chi connectivity index (χ4n) is 1.79. The van der Waals surface area contributed by atoms with E-state index in [1.54, 1.807) is 11.3 Å². The lowest BCUT2D eigenvalue weighted by molar-refractivity contribution is 0.148. The van der Waals surface area contributed by atoms with Gasteiger partial charge in [-0.05, 0) is 30.4 Å². The maximum atomic E-state index is 9.96. The van der Waals surface area contributed by atoms with Crippen molar-refractivity contribution in [3.8, 4) is 5.75 Å². The molecule has 72 valence electrons. The van der Waals surface area contributed by atoms with E-state index in [2.05, 4.69) is 0 Å². The SMILES string of the molecule is Oc1c(C2(O)CC2)ccc2sccc12. The minimum Gasteiger partial charge on any atom is -0.507 e. The molecular formula is C11H10O2S. The fourth-order valence-corrected chi connectivity index (χ4v) is 2.58. The van der Waals surface area contributed by atoms with Crippen molar-refractivity contribution >= 4 is 21.4 Å². The molecule has 0 radical (unpaired) electrons. The first-order valence-electron chi connectivity index (χ1n) is 4.63. The van der Waals surface area contributed by atoms with Gasteiger partial charge in [0, 0.05) is 15.6 Å². The zero-order chi connectivity index (χ0) is 9.76. The van der Waals surface area contributed by atoms with E-state index in [0.29, 0.717) is 5.56 Å². The molecule has 2 N–H and O–H groups in total. The minimum atomic E-state index is -0.750. The van der Waals surface area contributed by atoms with Gasteiger partial charge in [-0.25, -0.2) is 0 Å². The second-order valence-electron chi connectivity index (χ2n) is 3.83. The molecule has 1 aromatic carbocycles. The lowest BCUT2D eigenvalue weighted by atomic mass is 10.0. The van der Waals surface area contributed by atoms with Gasteiger partial charge >= 0.3 is 0 Å². The summed E-state index contributed by atoms with van der Waals surface area (Å²) in [6.07, 6.45) is 1.52. The van der Waals surface area contributed by atoms with Crippen molar-refractivity contribution in [2.75, 3.05) is 0 Å². The van der Waals surface area contributed by atoms with Crippen molar-refractivity contribution in [1.29, 1.82) is 0 Å². The highest BCUT2D eigenvalue weighted by atomic mass is 32.1.